The Morgan fingerprint density at radius 2 is 2.15 bits per heavy atom. The van der Waals surface area contributed by atoms with Crippen LogP contribution in [-0.2, 0) is 7.05 Å². The molecule has 2 rings (SSSR count). The Kier molecular flexibility index (Phi) is 4.44. The summed E-state index contributed by atoms with van der Waals surface area (Å²) in [7, 11) is 3.64. The summed E-state index contributed by atoms with van der Waals surface area (Å²) in [6, 6.07) is 0.236. The first-order chi connectivity index (χ1) is 9.58. The van der Waals surface area contributed by atoms with Gasteiger partial charge in [-0.25, -0.2) is 4.98 Å². The quantitative estimate of drug-likeness (QED) is 0.876. The van der Waals surface area contributed by atoms with Gasteiger partial charge < -0.3 is 14.6 Å². The molecule has 0 saturated heterocycles. The van der Waals surface area contributed by atoms with E-state index < -0.39 is 0 Å². The Balaban J connectivity index is 2.50. The van der Waals surface area contributed by atoms with E-state index >= 15 is 0 Å². The number of nitrogens with one attached hydrogen (secondary N) is 1. The first-order valence-corrected chi connectivity index (χ1v) is 6.91. The Morgan fingerprint density at radius 1 is 1.40 bits per heavy atom. The maximum atomic E-state index is 5.47. The second kappa shape index (κ2) is 6.09. The average molecular weight is 277 g/mol. The first-order valence-electron chi connectivity index (χ1n) is 6.91. The van der Waals surface area contributed by atoms with E-state index in [4.69, 9.17) is 4.74 Å². The number of rotatable bonds is 6. The molecule has 6 heteroatoms. The summed E-state index contributed by atoms with van der Waals surface area (Å²) >= 11 is 0. The van der Waals surface area contributed by atoms with Crippen LogP contribution in [0.4, 0.5) is 0 Å². The van der Waals surface area contributed by atoms with Crippen LogP contribution in [0.2, 0.25) is 0 Å². The van der Waals surface area contributed by atoms with Crippen LogP contribution in [0.1, 0.15) is 44.2 Å². The maximum absolute atomic E-state index is 5.47. The number of methoxy groups -OCH3 is 1. The van der Waals surface area contributed by atoms with Crippen molar-refractivity contribution < 1.29 is 4.74 Å². The van der Waals surface area contributed by atoms with Crippen LogP contribution in [0, 0.1) is 0 Å². The van der Waals surface area contributed by atoms with Crippen LogP contribution in [-0.4, -0.2) is 33.0 Å². The van der Waals surface area contributed by atoms with E-state index in [0.717, 1.165) is 23.7 Å². The van der Waals surface area contributed by atoms with Crippen molar-refractivity contribution >= 4 is 0 Å². The van der Waals surface area contributed by atoms with Crippen molar-refractivity contribution in [2.45, 2.75) is 32.9 Å². The van der Waals surface area contributed by atoms with E-state index in [1.165, 1.54) is 0 Å². The van der Waals surface area contributed by atoms with Crippen LogP contribution < -0.4 is 10.1 Å². The van der Waals surface area contributed by atoms with Gasteiger partial charge in [0.1, 0.15) is 5.69 Å². The summed E-state index contributed by atoms with van der Waals surface area (Å²) in [6.45, 7) is 7.14. The van der Waals surface area contributed by atoms with Gasteiger partial charge in [-0.3, -0.25) is 4.68 Å². The molecule has 2 aromatic heterocycles. The van der Waals surface area contributed by atoms with Crippen LogP contribution in [0.15, 0.2) is 18.7 Å². The van der Waals surface area contributed by atoms with E-state index in [9.17, 15) is 0 Å². The van der Waals surface area contributed by atoms with Gasteiger partial charge in [-0.05, 0) is 20.4 Å². The molecule has 1 unspecified atom stereocenters. The molecular weight excluding hydrogens is 254 g/mol. The predicted molar refractivity (Wildman–Crippen MR) is 77.9 cm³/mol. The van der Waals surface area contributed by atoms with E-state index in [0.29, 0.717) is 0 Å². The van der Waals surface area contributed by atoms with Crippen molar-refractivity contribution in [1.82, 2.24) is 24.6 Å². The standard InChI is InChI=1S/C14H23N5O/c1-6-15-13(11-8-18(4)9-16-11)14-12(20-5)7-17-19(14)10(2)3/h7-10,13,15H,6H2,1-5H3. The lowest BCUT2D eigenvalue weighted by Gasteiger charge is -2.20. The molecule has 0 saturated carbocycles. The fourth-order valence-electron chi connectivity index (χ4n) is 2.33. The fraction of sp³-hybridized carbons (Fsp3) is 0.571. The van der Waals surface area contributed by atoms with Gasteiger partial charge in [-0.2, -0.15) is 5.10 Å². The molecule has 0 aromatic carbocycles. The minimum absolute atomic E-state index is 0.0268. The zero-order chi connectivity index (χ0) is 14.7. The molecule has 0 aliphatic heterocycles. The van der Waals surface area contributed by atoms with Crippen LogP contribution >= 0.6 is 0 Å². The minimum Gasteiger partial charge on any atom is -0.493 e. The second-order valence-electron chi connectivity index (χ2n) is 5.09. The van der Waals surface area contributed by atoms with Crippen molar-refractivity contribution in [3.05, 3.63) is 30.1 Å². The molecule has 110 valence electrons. The van der Waals surface area contributed by atoms with Crippen molar-refractivity contribution in [2.24, 2.45) is 7.05 Å². The minimum atomic E-state index is -0.0268. The number of ether oxygens (including phenoxy) is 1. The van der Waals surface area contributed by atoms with Gasteiger partial charge in [-0.1, -0.05) is 6.92 Å². The summed E-state index contributed by atoms with van der Waals surface area (Å²) in [5.74, 6) is 0.787. The molecule has 20 heavy (non-hydrogen) atoms. The van der Waals surface area contributed by atoms with Crippen LogP contribution in [0.5, 0.6) is 5.75 Å². The number of hydrogen-bond donors (Lipinski definition) is 1. The molecule has 0 aliphatic carbocycles. The van der Waals surface area contributed by atoms with Crippen molar-refractivity contribution in [1.29, 1.82) is 0 Å². The number of aromatic nitrogens is 4. The zero-order valence-electron chi connectivity index (χ0n) is 12.8. The van der Waals surface area contributed by atoms with Gasteiger partial charge in [0.25, 0.3) is 0 Å². The third kappa shape index (κ3) is 2.70. The highest BCUT2D eigenvalue weighted by Gasteiger charge is 2.25. The third-order valence-electron chi connectivity index (χ3n) is 3.21. The van der Waals surface area contributed by atoms with Gasteiger partial charge in [0, 0.05) is 19.3 Å². The fourth-order valence-corrected chi connectivity index (χ4v) is 2.33. The predicted octanol–water partition coefficient (Wildman–Crippen LogP) is 1.90. The van der Waals surface area contributed by atoms with Gasteiger partial charge >= 0.3 is 0 Å². The molecular formula is C14H23N5O. The number of imidazole rings is 1. The highest BCUT2D eigenvalue weighted by atomic mass is 16.5. The molecule has 6 nitrogen and oxygen atoms in total. The lowest BCUT2D eigenvalue weighted by Crippen LogP contribution is -2.26. The molecule has 1 N–H and O–H groups in total. The normalized spacial score (nSPS) is 12.9. The summed E-state index contributed by atoms with van der Waals surface area (Å²) in [6.07, 6.45) is 5.59. The zero-order valence-corrected chi connectivity index (χ0v) is 12.8. The van der Waals surface area contributed by atoms with Crippen molar-refractivity contribution in [3.63, 3.8) is 0 Å². The summed E-state index contributed by atoms with van der Waals surface area (Å²) < 4.78 is 9.41. The highest BCUT2D eigenvalue weighted by Crippen LogP contribution is 2.31. The SMILES string of the molecule is CCNC(c1cn(C)cn1)c1c(OC)cnn1C(C)C. The monoisotopic (exact) mass is 277 g/mol. The smallest absolute Gasteiger partial charge is 0.162 e. The molecule has 0 amide bonds. The lowest BCUT2D eigenvalue weighted by molar-refractivity contribution is 0.393. The van der Waals surface area contributed by atoms with Crippen molar-refractivity contribution in [3.8, 4) is 5.75 Å². The largest absolute Gasteiger partial charge is 0.493 e. The van der Waals surface area contributed by atoms with Crippen LogP contribution in [0.25, 0.3) is 0 Å². The topological polar surface area (TPSA) is 56.9 Å². The Hall–Kier alpha value is -1.82. The molecule has 0 fully saturated rings. The lowest BCUT2D eigenvalue weighted by atomic mass is 10.1. The molecule has 0 aliphatic rings. The van der Waals surface area contributed by atoms with E-state index in [-0.39, 0.29) is 12.1 Å². The Bertz CT molecular complexity index is 558. The number of hydrogen-bond acceptors (Lipinski definition) is 4. The third-order valence-corrected chi connectivity index (χ3v) is 3.21. The van der Waals surface area contributed by atoms with Gasteiger partial charge in [-0.15, -0.1) is 0 Å². The van der Waals surface area contributed by atoms with E-state index in [1.807, 2.05) is 28.8 Å². The van der Waals surface area contributed by atoms with Gasteiger partial charge in [0.05, 0.1) is 31.4 Å². The first kappa shape index (κ1) is 14.6. The number of aryl methyl sites for hydroxylation is 1. The van der Waals surface area contributed by atoms with Gasteiger partial charge in [0.15, 0.2) is 5.75 Å². The Labute approximate surface area is 119 Å². The molecule has 2 heterocycles. The summed E-state index contributed by atoms with van der Waals surface area (Å²) in [5, 5.41) is 7.91. The van der Waals surface area contributed by atoms with Crippen LogP contribution in [0.3, 0.4) is 0 Å². The number of nitrogens with zero attached hydrogens (tertiary/aromatic N) is 4. The van der Waals surface area contributed by atoms with E-state index in [1.54, 1.807) is 13.3 Å². The van der Waals surface area contributed by atoms with Crippen molar-refractivity contribution in [2.75, 3.05) is 13.7 Å². The molecule has 0 spiro atoms. The Morgan fingerprint density at radius 3 is 2.65 bits per heavy atom. The highest BCUT2D eigenvalue weighted by molar-refractivity contribution is 5.33. The average Bonchev–Trinajstić information content (AvgIpc) is 3.01. The molecule has 2 aromatic rings. The summed E-state index contributed by atoms with van der Waals surface area (Å²) in [5.41, 5.74) is 1.98. The molecule has 0 bridgehead atoms. The molecule has 0 radical (unpaired) electrons. The van der Waals surface area contributed by atoms with Gasteiger partial charge in [0.2, 0.25) is 0 Å². The second-order valence-corrected chi connectivity index (χ2v) is 5.09. The maximum Gasteiger partial charge on any atom is 0.162 e. The summed E-state index contributed by atoms with van der Waals surface area (Å²) in [4.78, 5) is 4.47. The van der Waals surface area contributed by atoms with E-state index in [2.05, 4.69) is 36.2 Å². The molecule has 1 atom stereocenters.